The lowest BCUT2D eigenvalue weighted by Gasteiger charge is -2.46. The van der Waals surface area contributed by atoms with Crippen LogP contribution in [0.5, 0.6) is 0 Å². The van der Waals surface area contributed by atoms with Crippen LogP contribution in [0.3, 0.4) is 0 Å². The van der Waals surface area contributed by atoms with E-state index in [1.807, 2.05) is 16.8 Å². The number of amides is 1. The van der Waals surface area contributed by atoms with Gasteiger partial charge in [-0.2, -0.15) is 0 Å². The Hall–Kier alpha value is -2.15. The topological polar surface area (TPSA) is 77.4 Å². The number of nitrogens with one attached hydrogen (secondary N) is 2. The molecule has 0 aliphatic carbocycles. The molecule has 5 rings (SSSR count). The van der Waals surface area contributed by atoms with E-state index in [2.05, 4.69) is 42.6 Å². The molecule has 3 saturated heterocycles. The number of quaternary nitrogens is 1. The molecule has 0 radical (unpaired) electrons. The third-order valence-corrected chi connectivity index (χ3v) is 6.12. The van der Waals surface area contributed by atoms with Gasteiger partial charge in [0.05, 0.1) is 44.1 Å². The van der Waals surface area contributed by atoms with Crippen molar-refractivity contribution in [2.45, 2.75) is 58.2 Å². The van der Waals surface area contributed by atoms with Crippen LogP contribution in [-0.4, -0.2) is 40.0 Å². The van der Waals surface area contributed by atoms with E-state index in [1.54, 1.807) is 6.26 Å². The van der Waals surface area contributed by atoms with Gasteiger partial charge in [0.15, 0.2) is 0 Å². The second kappa shape index (κ2) is 7.11. The average molecular weight is 372 g/mol. The number of nitrogens with zero attached hydrogens (tertiary/aromatic N) is 3. The summed E-state index contributed by atoms with van der Waals surface area (Å²) in [5.74, 6) is 1.55. The molecule has 5 heterocycles. The monoisotopic (exact) mass is 372 g/mol. The molecule has 7 heteroatoms. The molecule has 3 fully saturated rings. The van der Waals surface area contributed by atoms with Crippen molar-refractivity contribution in [1.29, 1.82) is 0 Å². The molecule has 1 amide bonds. The Morgan fingerprint density at radius 3 is 2.93 bits per heavy atom. The second-order valence-corrected chi connectivity index (χ2v) is 9.07. The fourth-order valence-corrected chi connectivity index (χ4v) is 4.49. The average Bonchev–Trinajstić information content (AvgIpc) is 3.31. The maximum atomic E-state index is 12.7. The second-order valence-electron chi connectivity index (χ2n) is 9.07. The smallest absolute Gasteiger partial charge is 0.229 e. The van der Waals surface area contributed by atoms with Crippen LogP contribution in [0.1, 0.15) is 45.1 Å². The number of carbonyl (C=O) groups excluding carboxylic acids is 1. The van der Waals surface area contributed by atoms with Crippen LogP contribution in [-0.2, 0) is 23.3 Å². The molecule has 0 spiro atoms. The van der Waals surface area contributed by atoms with Gasteiger partial charge >= 0.3 is 0 Å². The molecular weight excluding hydrogens is 342 g/mol. The van der Waals surface area contributed by atoms with E-state index in [-0.39, 0.29) is 17.2 Å². The van der Waals surface area contributed by atoms with Crippen LogP contribution >= 0.6 is 0 Å². The predicted octanol–water partition coefficient (Wildman–Crippen LogP) is 0.778. The van der Waals surface area contributed by atoms with Crippen LogP contribution in [0.15, 0.2) is 29.0 Å². The first-order valence-corrected chi connectivity index (χ1v) is 9.95. The summed E-state index contributed by atoms with van der Waals surface area (Å²) in [5, 5.41) is 11.7. The Bertz CT molecular complexity index is 777. The highest BCUT2D eigenvalue weighted by atomic mass is 16.3. The van der Waals surface area contributed by atoms with Crippen molar-refractivity contribution in [2.75, 3.05) is 13.1 Å². The highest BCUT2D eigenvalue weighted by molar-refractivity contribution is 5.79. The van der Waals surface area contributed by atoms with E-state index in [9.17, 15) is 4.79 Å². The van der Waals surface area contributed by atoms with E-state index in [0.29, 0.717) is 18.5 Å². The Balaban J connectivity index is 1.34. The molecule has 4 atom stereocenters. The SMILES string of the molecule is CC(C)(C)c1cn(C[C@H]2C[C@@H]3CC[NH+]2C[C@@H]3C(=O)NCc2ccco2)nn1. The Labute approximate surface area is 160 Å². The number of carbonyl (C=O) groups is 1. The van der Waals surface area contributed by atoms with Crippen LogP contribution in [0.25, 0.3) is 0 Å². The fourth-order valence-electron chi connectivity index (χ4n) is 4.49. The summed E-state index contributed by atoms with van der Waals surface area (Å²) >= 11 is 0. The zero-order valence-electron chi connectivity index (χ0n) is 16.4. The number of rotatable bonds is 5. The molecule has 2 N–H and O–H groups in total. The van der Waals surface area contributed by atoms with Crippen molar-refractivity contribution in [3.8, 4) is 0 Å². The molecule has 1 unspecified atom stereocenters. The number of hydrogen-bond donors (Lipinski definition) is 2. The summed E-state index contributed by atoms with van der Waals surface area (Å²) in [4.78, 5) is 14.2. The molecule has 2 aromatic heterocycles. The van der Waals surface area contributed by atoms with Gasteiger partial charge in [-0.25, -0.2) is 4.68 Å². The molecule has 27 heavy (non-hydrogen) atoms. The lowest BCUT2D eigenvalue weighted by molar-refractivity contribution is -0.945. The molecule has 7 nitrogen and oxygen atoms in total. The summed E-state index contributed by atoms with van der Waals surface area (Å²) in [5.41, 5.74) is 1.05. The number of furan rings is 1. The molecule has 0 saturated carbocycles. The van der Waals surface area contributed by atoms with Crippen LogP contribution in [0.4, 0.5) is 0 Å². The predicted molar refractivity (Wildman–Crippen MR) is 100.0 cm³/mol. The summed E-state index contributed by atoms with van der Waals surface area (Å²) < 4.78 is 7.30. The first kappa shape index (κ1) is 18.2. The van der Waals surface area contributed by atoms with Gasteiger partial charge in [0.1, 0.15) is 11.8 Å². The van der Waals surface area contributed by atoms with E-state index >= 15 is 0 Å². The molecule has 146 valence electrons. The molecule has 0 aromatic carbocycles. The zero-order valence-corrected chi connectivity index (χ0v) is 16.4. The normalized spacial score (nSPS) is 27.7. The lowest BCUT2D eigenvalue weighted by atomic mass is 9.75. The fraction of sp³-hybridized carbons (Fsp3) is 0.650. The largest absolute Gasteiger partial charge is 0.467 e. The Kier molecular flexibility index (Phi) is 4.80. The summed E-state index contributed by atoms with van der Waals surface area (Å²) in [7, 11) is 0. The van der Waals surface area contributed by atoms with Gasteiger partial charge in [0.2, 0.25) is 5.91 Å². The first-order valence-electron chi connectivity index (χ1n) is 9.95. The van der Waals surface area contributed by atoms with Crippen molar-refractivity contribution in [1.82, 2.24) is 20.3 Å². The van der Waals surface area contributed by atoms with E-state index in [0.717, 1.165) is 43.9 Å². The summed E-state index contributed by atoms with van der Waals surface area (Å²) in [6, 6.07) is 4.26. The van der Waals surface area contributed by atoms with Crippen molar-refractivity contribution >= 4 is 5.91 Å². The van der Waals surface area contributed by atoms with Crippen LogP contribution < -0.4 is 10.2 Å². The zero-order chi connectivity index (χ0) is 19.0. The van der Waals surface area contributed by atoms with Crippen LogP contribution in [0.2, 0.25) is 0 Å². The van der Waals surface area contributed by atoms with Gasteiger partial charge in [-0.3, -0.25) is 4.79 Å². The summed E-state index contributed by atoms with van der Waals surface area (Å²) in [6.45, 7) is 9.90. The minimum Gasteiger partial charge on any atom is -0.467 e. The number of hydrogen-bond acceptors (Lipinski definition) is 4. The molecule has 2 bridgehead atoms. The first-order chi connectivity index (χ1) is 12.9. The Morgan fingerprint density at radius 2 is 2.30 bits per heavy atom. The lowest BCUT2D eigenvalue weighted by Crippen LogP contribution is -3.20. The van der Waals surface area contributed by atoms with Crippen molar-refractivity contribution in [2.24, 2.45) is 11.8 Å². The highest BCUT2D eigenvalue weighted by Crippen LogP contribution is 2.28. The maximum Gasteiger partial charge on any atom is 0.229 e. The number of aromatic nitrogens is 3. The van der Waals surface area contributed by atoms with Gasteiger partial charge in [-0.15, -0.1) is 5.10 Å². The van der Waals surface area contributed by atoms with Crippen molar-refractivity contribution < 1.29 is 14.1 Å². The van der Waals surface area contributed by atoms with Gasteiger partial charge in [0, 0.05) is 24.5 Å². The Morgan fingerprint density at radius 1 is 1.44 bits per heavy atom. The minimum absolute atomic E-state index is 0.0220. The molecule has 2 aromatic rings. The van der Waals surface area contributed by atoms with Gasteiger partial charge in [-0.1, -0.05) is 26.0 Å². The van der Waals surface area contributed by atoms with Crippen molar-refractivity contribution in [3.05, 3.63) is 36.0 Å². The molecule has 3 aliphatic heterocycles. The van der Waals surface area contributed by atoms with Crippen LogP contribution in [0, 0.1) is 11.8 Å². The minimum atomic E-state index is 0.0220. The third-order valence-electron chi connectivity index (χ3n) is 6.12. The number of fused-ring (bicyclic) bond motifs is 3. The van der Waals surface area contributed by atoms with E-state index in [1.165, 1.54) is 4.90 Å². The molecule has 3 aliphatic rings. The van der Waals surface area contributed by atoms with Gasteiger partial charge < -0.3 is 14.6 Å². The van der Waals surface area contributed by atoms with Crippen molar-refractivity contribution in [3.63, 3.8) is 0 Å². The summed E-state index contributed by atoms with van der Waals surface area (Å²) in [6.07, 6.45) is 5.93. The van der Waals surface area contributed by atoms with E-state index < -0.39 is 0 Å². The van der Waals surface area contributed by atoms with Gasteiger partial charge in [-0.05, 0) is 18.1 Å². The third kappa shape index (κ3) is 3.93. The maximum absolute atomic E-state index is 12.7. The molecular formula is C20H30N5O2+. The van der Waals surface area contributed by atoms with E-state index in [4.69, 9.17) is 4.42 Å². The quantitative estimate of drug-likeness (QED) is 0.813. The van der Waals surface area contributed by atoms with Gasteiger partial charge in [0.25, 0.3) is 0 Å². The highest BCUT2D eigenvalue weighted by Gasteiger charge is 2.46. The standard InChI is InChI=1S/C20H29N5O2/c1-20(2,3)18-13-25(23-22-18)11-15-9-14-6-7-24(15)12-17(14)19(26)21-10-16-5-4-8-27-16/h4-5,8,13-15,17H,6-7,9-12H2,1-3H3,(H,21,26)/p+1/t14-,15+,17-/m0/s1. The number of piperidine rings is 3.